The van der Waals surface area contributed by atoms with Crippen LogP contribution < -0.4 is 0 Å². The standard InChI is InChI=1S/C23H29N3OS/c1-25(23-24-22-10-6-5-9-20(22)18-28-23)21-11-13-26(14-12-21)15-16-27-17-19-7-3-2-4-8-19/h2-10,21H,11-18H2,1H3. The van der Waals surface area contributed by atoms with Gasteiger partial charge in [0.1, 0.15) is 0 Å². The van der Waals surface area contributed by atoms with Gasteiger partial charge < -0.3 is 14.5 Å². The average Bonchev–Trinajstić information content (AvgIpc) is 2.77. The number of benzene rings is 2. The zero-order valence-corrected chi connectivity index (χ0v) is 17.4. The van der Waals surface area contributed by atoms with Crippen LogP contribution in [0.1, 0.15) is 24.0 Å². The topological polar surface area (TPSA) is 28.1 Å². The summed E-state index contributed by atoms with van der Waals surface area (Å²) in [6.07, 6.45) is 2.38. The number of amidine groups is 1. The summed E-state index contributed by atoms with van der Waals surface area (Å²) in [7, 11) is 2.21. The maximum atomic E-state index is 5.85. The predicted molar refractivity (Wildman–Crippen MR) is 118 cm³/mol. The molecule has 0 saturated carbocycles. The Hall–Kier alpha value is -1.82. The number of fused-ring (bicyclic) bond motifs is 1. The zero-order valence-electron chi connectivity index (χ0n) is 16.6. The second kappa shape index (κ2) is 9.59. The number of hydrogen-bond donors (Lipinski definition) is 0. The minimum atomic E-state index is 0.581. The maximum Gasteiger partial charge on any atom is 0.164 e. The van der Waals surface area contributed by atoms with Crippen molar-refractivity contribution in [3.63, 3.8) is 0 Å². The van der Waals surface area contributed by atoms with Gasteiger partial charge >= 0.3 is 0 Å². The molecule has 4 rings (SSSR count). The minimum absolute atomic E-state index is 0.581. The van der Waals surface area contributed by atoms with Crippen molar-refractivity contribution < 1.29 is 4.74 Å². The van der Waals surface area contributed by atoms with Gasteiger partial charge in [0, 0.05) is 38.5 Å². The lowest BCUT2D eigenvalue weighted by atomic mass is 10.0. The molecule has 1 fully saturated rings. The van der Waals surface area contributed by atoms with Crippen molar-refractivity contribution in [1.82, 2.24) is 9.80 Å². The molecule has 148 valence electrons. The fourth-order valence-corrected chi connectivity index (χ4v) is 4.89. The first-order valence-corrected chi connectivity index (χ1v) is 11.1. The summed E-state index contributed by atoms with van der Waals surface area (Å²) in [5.41, 5.74) is 3.72. The highest BCUT2D eigenvalue weighted by atomic mass is 32.2. The molecular formula is C23H29N3OS. The number of piperidine rings is 1. The maximum absolute atomic E-state index is 5.85. The van der Waals surface area contributed by atoms with Gasteiger partial charge in [0.05, 0.1) is 18.9 Å². The van der Waals surface area contributed by atoms with Crippen molar-refractivity contribution in [3.8, 4) is 0 Å². The van der Waals surface area contributed by atoms with Crippen LogP contribution in [0, 0.1) is 0 Å². The highest BCUT2D eigenvalue weighted by Gasteiger charge is 2.26. The molecule has 0 spiro atoms. The zero-order chi connectivity index (χ0) is 19.2. The molecule has 0 unspecified atom stereocenters. The number of thioether (sulfide) groups is 1. The van der Waals surface area contributed by atoms with Crippen LogP contribution in [-0.2, 0) is 17.1 Å². The Morgan fingerprint density at radius 1 is 1.07 bits per heavy atom. The van der Waals surface area contributed by atoms with E-state index in [1.807, 2.05) is 17.8 Å². The van der Waals surface area contributed by atoms with Gasteiger partial charge in [0.15, 0.2) is 5.17 Å². The number of hydrogen-bond acceptors (Lipinski definition) is 5. The molecule has 2 aromatic rings. The monoisotopic (exact) mass is 395 g/mol. The number of rotatable bonds is 6. The Labute approximate surface area is 172 Å². The van der Waals surface area contributed by atoms with Gasteiger partial charge in [-0.25, -0.2) is 4.99 Å². The minimum Gasteiger partial charge on any atom is -0.375 e. The molecule has 4 nitrogen and oxygen atoms in total. The molecule has 0 bridgehead atoms. The molecule has 0 aliphatic carbocycles. The second-order valence-electron chi connectivity index (χ2n) is 7.53. The first-order valence-electron chi connectivity index (χ1n) is 10.2. The van der Waals surface area contributed by atoms with E-state index in [4.69, 9.17) is 9.73 Å². The molecule has 0 atom stereocenters. The third-order valence-electron chi connectivity index (χ3n) is 5.63. The van der Waals surface area contributed by atoms with E-state index in [1.165, 1.54) is 29.1 Å². The summed E-state index contributed by atoms with van der Waals surface area (Å²) < 4.78 is 5.85. The molecule has 2 aliphatic heterocycles. The highest BCUT2D eigenvalue weighted by molar-refractivity contribution is 8.13. The summed E-state index contributed by atoms with van der Waals surface area (Å²) in [6.45, 7) is 4.80. The van der Waals surface area contributed by atoms with E-state index in [0.717, 1.165) is 37.7 Å². The van der Waals surface area contributed by atoms with Crippen molar-refractivity contribution >= 4 is 22.6 Å². The van der Waals surface area contributed by atoms with Gasteiger partial charge in [0.2, 0.25) is 0 Å². The van der Waals surface area contributed by atoms with Gasteiger partial charge in [-0.2, -0.15) is 0 Å². The summed E-state index contributed by atoms with van der Waals surface area (Å²) in [6, 6.07) is 19.5. The van der Waals surface area contributed by atoms with Crippen molar-refractivity contribution in [3.05, 3.63) is 65.7 Å². The smallest absolute Gasteiger partial charge is 0.164 e. The molecule has 1 saturated heterocycles. The van der Waals surface area contributed by atoms with Crippen LogP contribution in [0.2, 0.25) is 0 Å². The Kier molecular flexibility index (Phi) is 6.68. The molecule has 0 aromatic heterocycles. The Morgan fingerprint density at radius 3 is 2.64 bits per heavy atom. The van der Waals surface area contributed by atoms with E-state index in [-0.39, 0.29) is 0 Å². The van der Waals surface area contributed by atoms with Gasteiger partial charge in [-0.1, -0.05) is 60.3 Å². The summed E-state index contributed by atoms with van der Waals surface area (Å²) in [5.74, 6) is 1.02. The van der Waals surface area contributed by atoms with Crippen LogP contribution in [0.4, 0.5) is 5.69 Å². The Balaban J connectivity index is 1.20. The lowest BCUT2D eigenvalue weighted by molar-refractivity contribution is 0.0775. The van der Waals surface area contributed by atoms with Gasteiger partial charge in [0.25, 0.3) is 0 Å². The third-order valence-corrected chi connectivity index (χ3v) is 6.73. The summed E-state index contributed by atoms with van der Waals surface area (Å²) >= 11 is 1.87. The largest absolute Gasteiger partial charge is 0.375 e. The Bertz CT molecular complexity index is 787. The molecular weight excluding hydrogens is 366 g/mol. The SMILES string of the molecule is CN(C1=Nc2ccccc2CS1)C1CCN(CCOCc2ccccc2)CC1. The van der Waals surface area contributed by atoms with E-state index < -0.39 is 0 Å². The number of ether oxygens (including phenoxy) is 1. The summed E-state index contributed by atoms with van der Waals surface area (Å²) in [5, 5.41) is 1.17. The van der Waals surface area contributed by atoms with E-state index in [2.05, 4.69) is 65.4 Å². The van der Waals surface area contributed by atoms with E-state index in [9.17, 15) is 0 Å². The van der Waals surface area contributed by atoms with Crippen molar-refractivity contribution in [2.45, 2.75) is 31.2 Å². The van der Waals surface area contributed by atoms with Gasteiger partial charge in [-0.05, 0) is 30.0 Å². The van der Waals surface area contributed by atoms with Gasteiger partial charge in [-0.15, -0.1) is 0 Å². The van der Waals surface area contributed by atoms with Crippen LogP contribution in [-0.4, -0.2) is 54.3 Å². The van der Waals surface area contributed by atoms with Crippen molar-refractivity contribution in [2.24, 2.45) is 4.99 Å². The van der Waals surface area contributed by atoms with Crippen molar-refractivity contribution in [2.75, 3.05) is 33.3 Å². The number of para-hydroxylation sites is 1. The predicted octanol–water partition coefficient (Wildman–Crippen LogP) is 4.53. The number of aliphatic imine (C=N–C) groups is 1. The van der Waals surface area contributed by atoms with Crippen LogP contribution in [0.15, 0.2) is 59.6 Å². The second-order valence-corrected chi connectivity index (χ2v) is 8.48. The third kappa shape index (κ3) is 4.96. The van der Waals surface area contributed by atoms with Gasteiger partial charge in [-0.3, -0.25) is 0 Å². The van der Waals surface area contributed by atoms with Crippen LogP contribution in [0.25, 0.3) is 0 Å². The van der Waals surface area contributed by atoms with E-state index in [0.29, 0.717) is 12.6 Å². The lowest BCUT2D eigenvalue weighted by Gasteiger charge is -2.38. The molecule has 2 aliphatic rings. The molecule has 0 amide bonds. The fourth-order valence-electron chi connectivity index (χ4n) is 3.84. The van der Waals surface area contributed by atoms with Crippen molar-refractivity contribution in [1.29, 1.82) is 0 Å². The first-order chi connectivity index (χ1) is 13.8. The molecule has 2 heterocycles. The first kappa shape index (κ1) is 19.5. The van der Waals surface area contributed by atoms with Crippen LogP contribution in [0.3, 0.4) is 0 Å². The quantitative estimate of drug-likeness (QED) is 0.672. The summed E-state index contributed by atoms with van der Waals surface area (Å²) in [4.78, 5) is 9.84. The van der Waals surface area contributed by atoms with Crippen LogP contribution in [0.5, 0.6) is 0 Å². The number of nitrogens with zero attached hydrogens (tertiary/aromatic N) is 3. The lowest BCUT2D eigenvalue weighted by Crippen LogP contribution is -2.45. The van der Waals surface area contributed by atoms with E-state index in [1.54, 1.807) is 0 Å². The fraction of sp³-hybridized carbons (Fsp3) is 0.435. The molecule has 0 N–H and O–H groups in total. The molecule has 2 aromatic carbocycles. The van der Waals surface area contributed by atoms with E-state index >= 15 is 0 Å². The van der Waals surface area contributed by atoms with Crippen LogP contribution >= 0.6 is 11.8 Å². The molecule has 5 heteroatoms. The number of likely N-dealkylation sites (tertiary alicyclic amines) is 1. The highest BCUT2D eigenvalue weighted by Crippen LogP contribution is 2.32. The average molecular weight is 396 g/mol. The molecule has 0 radical (unpaired) electrons. The molecule has 28 heavy (non-hydrogen) atoms. The normalized spacial score (nSPS) is 17.8. The Morgan fingerprint density at radius 2 is 1.82 bits per heavy atom.